The van der Waals surface area contributed by atoms with Gasteiger partial charge < -0.3 is 13.7 Å². The lowest BCUT2D eigenvalue weighted by Crippen LogP contribution is -2.02. The monoisotopic (exact) mass is 277 g/mol. The van der Waals surface area contributed by atoms with E-state index < -0.39 is 0 Å². The van der Waals surface area contributed by atoms with Crippen molar-refractivity contribution in [1.29, 1.82) is 0 Å². The van der Waals surface area contributed by atoms with E-state index in [0.29, 0.717) is 17.9 Å². The SMILES string of the molecule is O=c1oc2cc(OCCCn3cnnc3)ccc2s1. The van der Waals surface area contributed by atoms with Gasteiger partial charge in [0.2, 0.25) is 0 Å². The zero-order chi connectivity index (χ0) is 13.1. The van der Waals surface area contributed by atoms with E-state index in [1.54, 1.807) is 18.7 Å². The van der Waals surface area contributed by atoms with Gasteiger partial charge in [0.1, 0.15) is 18.4 Å². The molecule has 1 aromatic carbocycles. The molecule has 3 rings (SSSR count). The molecule has 19 heavy (non-hydrogen) atoms. The molecule has 0 aliphatic rings. The summed E-state index contributed by atoms with van der Waals surface area (Å²) in [6.45, 7) is 1.39. The number of rotatable bonds is 5. The van der Waals surface area contributed by atoms with E-state index in [9.17, 15) is 4.79 Å². The van der Waals surface area contributed by atoms with Crippen LogP contribution >= 0.6 is 11.3 Å². The quantitative estimate of drug-likeness (QED) is 0.666. The van der Waals surface area contributed by atoms with E-state index in [1.165, 1.54) is 0 Å². The first-order chi connectivity index (χ1) is 9.31. The Hall–Kier alpha value is -2.15. The van der Waals surface area contributed by atoms with Crippen molar-refractivity contribution < 1.29 is 9.15 Å². The lowest BCUT2D eigenvalue weighted by molar-refractivity contribution is 0.301. The van der Waals surface area contributed by atoms with Crippen LogP contribution in [0, 0.1) is 0 Å². The Morgan fingerprint density at radius 3 is 3.00 bits per heavy atom. The molecular weight excluding hydrogens is 266 g/mol. The van der Waals surface area contributed by atoms with Gasteiger partial charge in [0.15, 0.2) is 5.58 Å². The van der Waals surface area contributed by atoms with Gasteiger partial charge >= 0.3 is 4.94 Å². The highest BCUT2D eigenvalue weighted by Gasteiger charge is 2.03. The molecule has 0 N–H and O–H groups in total. The molecule has 2 aromatic heterocycles. The van der Waals surface area contributed by atoms with Crippen molar-refractivity contribution in [1.82, 2.24) is 14.8 Å². The van der Waals surface area contributed by atoms with Crippen molar-refractivity contribution >= 4 is 21.6 Å². The average Bonchev–Trinajstić information content (AvgIpc) is 3.02. The van der Waals surface area contributed by atoms with Gasteiger partial charge in [-0.3, -0.25) is 0 Å². The summed E-state index contributed by atoms with van der Waals surface area (Å²) in [7, 11) is 0. The maximum absolute atomic E-state index is 11.1. The van der Waals surface area contributed by atoms with Gasteiger partial charge in [0.05, 0.1) is 11.3 Å². The number of fused-ring (bicyclic) bond motifs is 1. The van der Waals surface area contributed by atoms with Crippen LogP contribution in [0.25, 0.3) is 10.3 Å². The van der Waals surface area contributed by atoms with E-state index in [2.05, 4.69) is 10.2 Å². The van der Waals surface area contributed by atoms with Crippen molar-refractivity contribution in [2.45, 2.75) is 13.0 Å². The molecule has 2 heterocycles. The first kappa shape index (κ1) is 11.9. The third-order valence-electron chi connectivity index (χ3n) is 2.60. The Kier molecular flexibility index (Phi) is 3.28. The molecule has 0 saturated heterocycles. The van der Waals surface area contributed by atoms with Crippen LogP contribution in [0.5, 0.6) is 5.75 Å². The molecule has 0 aliphatic carbocycles. The minimum Gasteiger partial charge on any atom is -0.493 e. The molecule has 0 aliphatic heterocycles. The smallest absolute Gasteiger partial charge is 0.396 e. The summed E-state index contributed by atoms with van der Waals surface area (Å²) >= 11 is 1.09. The second-order valence-electron chi connectivity index (χ2n) is 3.96. The predicted molar refractivity (Wildman–Crippen MR) is 70.5 cm³/mol. The molecule has 0 saturated carbocycles. The van der Waals surface area contributed by atoms with Crippen LogP contribution in [-0.2, 0) is 6.54 Å². The van der Waals surface area contributed by atoms with Crippen molar-refractivity contribution in [3.05, 3.63) is 40.6 Å². The number of hydrogen-bond acceptors (Lipinski definition) is 6. The van der Waals surface area contributed by atoms with Crippen LogP contribution in [0.15, 0.2) is 40.1 Å². The highest BCUT2D eigenvalue weighted by Crippen LogP contribution is 2.22. The van der Waals surface area contributed by atoms with Crippen LogP contribution in [0.2, 0.25) is 0 Å². The number of aromatic nitrogens is 3. The average molecular weight is 277 g/mol. The Morgan fingerprint density at radius 2 is 2.16 bits per heavy atom. The minimum absolute atomic E-state index is 0.292. The van der Waals surface area contributed by atoms with Crippen LogP contribution in [0.1, 0.15) is 6.42 Å². The first-order valence-electron chi connectivity index (χ1n) is 5.80. The molecule has 0 bridgehead atoms. The normalized spacial score (nSPS) is 10.9. The Morgan fingerprint density at radius 1 is 1.32 bits per heavy atom. The van der Waals surface area contributed by atoms with E-state index in [1.807, 2.05) is 16.7 Å². The van der Waals surface area contributed by atoms with Crippen LogP contribution < -0.4 is 9.68 Å². The topological polar surface area (TPSA) is 70.2 Å². The van der Waals surface area contributed by atoms with Crippen molar-refractivity contribution in [3.8, 4) is 5.75 Å². The molecule has 7 heteroatoms. The predicted octanol–water partition coefficient (Wildman–Crippen LogP) is 1.92. The maximum Gasteiger partial charge on any atom is 0.396 e. The fourth-order valence-electron chi connectivity index (χ4n) is 1.72. The molecule has 0 fully saturated rings. The van der Waals surface area contributed by atoms with E-state index in [-0.39, 0.29) is 4.94 Å². The highest BCUT2D eigenvalue weighted by atomic mass is 32.1. The Bertz CT molecular complexity index is 717. The van der Waals surface area contributed by atoms with E-state index in [4.69, 9.17) is 9.15 Å². The molecule has 0 amide bonds. The summed E-state index contributed by atoms with van der Waals surface area (Å²) in [4.78, 5) is 10.8. The van der Waals surface area contributed by atoms with Crippen molar-refractivity contribution in [3.63, 3.8) is 0 Å². The summed E-state index contributed by atoms with van der Waals surface area (Å²) < 4.78 is 13.4. The second-order valence-corrected chi connectivity index (χ2v) is 4.94. The summed E-state index contributed by atoms with van der Waals surface area (Å²) in [6.07, 6.45) is 4.20. The molecule has 3 aromatic rings. The molecule has 98 valence electrons. The van der Waals surface area contributed by atoms with Gasteiger partial charge in [-0.2, -0.15) is 0 Å². The van der Waals surface area contributed by atoms with Crippen LogP contribution in [0.3, 0.4) is 0 Å². The van der Waals surface area contributed by atoms with Crippen LogP contribution in [-0.4, -0.2) is 21.4 Å². The third-order valence-corrected chi connectivity index (χ3v) is 3.40. The third kappa shape index (κ3) is 2.82. The van der Waals surface area contributed by atoms with Gasteiger partial charge in [-0.25, -0.2) is 4.79 Å². The molecule has 0 atom stereocenters. The summed E-state index contributed by atoms with van der Waals surface area (Å²) in [5.74, 6) is 0.706. The highest BCUT2D eigenvalue weighted by molar-refractivity contribution is 7.16. The molecule has 0 unspecified atom stereocenters. The first-order valence-corrected chi connectivity index (χ1v) is 6.62. The number of hydrogen-bond donors (Lipinski definition) is 0. The number of aryl methyl sites for hydroxylation is 1. The standard InChI is InChI=1S/C12H11N3O3S/c16-12-18-10-6-9(2-3-11(10)19-12)17-5-1-4-15-7-13-14-8-15/h2-3,6-8H,1,4-5H2. The summed E-state index contributed by atoms with van der Waals surface area (Å²) in [5, 5.41) is 7.45. The number of ether oxygens (including phenoxy) is 1. The van der Waals surface area contributed by atoms with Crippen molar-refractivity contribution in [2.24, 2.45) is 0 Å². The largest absolute Gasteiger partial charge is 0.493 e. The van der Waals surface area contributed by atoms with Gasteiger partial charge in [0.25, 0.3) is 0 Å². The molecular formula is C12H11N3O3S. The molecule has 0 spiro atoms. The number of benzene rings is 1. The van der Waals surface area contributed by atoms with Crippen molar-refractivity contribution in [2.75, 3.05) is 6.61 Å². The van der Waals surface area contributed by atoms with Gasteiger partial charge in [-0.15, -0.1) is 10.2 Å². The van der Waals surface area contributed by atoms with E-state index in [0.717, 1.165) is 29.0 Å². The fraction of sp³-hybridized carbons (Fsp3) is 0.250. The van der Waals surface area contributed by atoms with E-state index >= 15 is 0 Å². The summed E-state index contributed by atoms with van der Waals surface area (Å²) in [5.41, 5.74) is 0.575. The Labute approximate surface area is 112 Å². The van der Waals surface area contributed by atoms with Gasteiger partial charge in [-0.1, -0.05) is 11.3 Å². The molecule has 6 nitrogen and oxygen atoms in total. The van der Waals surface area contributed by atoms with Gasteiger partial charge in [-0.05, 0) is 18.6 Å². The second kappa shape index (κ2) is 5.23. The lowest BCUT2D eigenvalue weighted by Gasteiger charge is -2.05. The minimum atomic E-state index is -0.292. The summed E-state index contributed by atoms with van der Waals surface area (Å²) in [6, 6.07) is 5.42. The molecule has 0 radical (unpaired) electrons. The fourth-order valence-corrected chi connectivity index (χ4v) is 2.37. The Balaban J connectivity index is 1.57. The zero-order valence-corrected chi connectivity index (χ0v) is 10.8. The van der Waals surface area contributed by atoms with Gasteiger partial charge in [0, 0.05) is 12.6 Å². The number of nitrogens with zero attached hydrogens (tertiary/aromatic N) is 3. The lowest BCUT2D eigenvalue weighted by atomic mass is 10.3. The maximum atomic E-state index is 11.1. The zero-order valence-electron chi connectivity index (χ0n) is 9.98. The van der Waals surface area contributed by atoms with Crippen LogP contribution in [0.4, 0.5) is 0 Å².